The molecule has 2 heterocycles. The van der Waals surface area contributed by atoms with Crippen LogP contribution < -0.4 is 10.6 Å². The minimum absolute atomic E-state index is 0.214. The number of hydrogen-bond acceptors (Lipinski definition) is 5. The Kier molecular flexibility index (Phi) is 2.98. The summed E-state index contributed by atoms with van der Waals surface area (Å²) in [5.74, 6) is 0.669. The Bertz CT molecular complexity index is 514. The first-order valence-electron chi connectivity index (χ1n) is 6.22. The highest BCUT2D eigenvalue weighted by Gasteiger charge is 2.21. The quantitative estimate of drug-likeness (QED) is 0.868. The molecule has 1 aromatic carbocycles. The summed E-state index contributed by atoms with van der Waals surface area (Å²) in [6, 6.07) is 8.73. The predicted octanol–water partition coefficient (Wildman–Crippen LogP) is 2.55. The van der Waals surface area contributed by atoms with E-state index in [1.165, 1.54) is 5.56 Å². The average Bonchev–Trinajstić information content (AvgIpc) is 3.02. The summed E-state index contributed by atoms with van der Waals surface area (Å²) in [5.41, 5.74) is 2.18. The molecule has 1 aliphatic rings. The second kappa shape index (κ2) is 4.78. The number of nitrogens with one attached hydrogen (secondary N) is 2. The molecule has 1 atom stereocenters. The van der Waals surface area contributed by atoms with Gasteiger partial charge in [-0.1, -0.05) is 22.8 Å². The van der Waals surface area contributed by atoms with Gasteiger partial charge in [-0.2, -0.15) is 0 Å². The third-order valence-corrected chi connectivity index (χ3v) is 3.10. The maximum atomic E-state index is 5.61. The molecule has 3 rings (SSSR count). The number of hydrogen-bond donors (Lipinski definition) is 2. The summed E-state index contributed by atoms with van der Waals surface area (Å²) in [4.78, 5) is 0. The van der Waals surface area contributed by atoms with Gasteiger partial charge in [0.15, 0.2) is 0 Å². The zero-order chi connectivity index (χ0) is 12.4. The average molecular weight is 244 g/mol. The van der Waals surface area contributed by atoms with Crippen LogP contribution in [0.5, 0.6) is 0 Å². The largest absolute Gasteiger partial charge is 0.406 e. The number of rotatable bonds is 3. The smallest absolute Gasteiger partial charge is 0.320 e. The molecule has 2 N–H and O–H groups in total. The van der Waals surface area contributed by atoms with E-state index in [0.29, 0.717) is 11.9 Å². The Morgan fingerprint density at radius 2 is 2.11 bits per heavy atom. The fraction of sp³-hybridized carbons (Fsp3) is 0.385. The van der Waals surface area contributed by atoms with Gasteiger partial charge in [-0.15, -0.1) is 5.10 Å². The van der Waals surface area contributed by atoms with Crippen LogP contribution in [0.3, 0.4) is 0 Å². The molecule has 0 bridgehead atoms. The molecule has 5 heteroatoms. The lowest BCUT2D eigenvalue weighted by Gasteiger charge is -2.03. The first kappa shape index (κ1) is 11.2. The van der Waals surface area contributed by atoms with Crippen LogP contribution in [0, 0.1) is 6.92 Å². The van der Waals surface area contributed by atoms with Crippen LogP contribution in [0.4, 0.5) is 11.7 Å². The second-order valence-corrected chi connectivity index (χ2v) is 4.59. The van der Waals surface area contributed by atoms with Crippen LogP contribution in [0.25, 0.3) is 0 Å². The Morgan fingerprint density at radius 3 is 2.83 bits per heavy atom. The van der Waals surface area contributed by atoms with Gasteiger partial charge in [-0.3, -0.25) is 0 Å². The van der Waals surface area contributed by atoms with E-state index < -0.39 is 0 Å². The fourth-order valence-corrected chi connectivity index (χ4v) is 2.08. The minimum Gasteiger partial charge on any atom is -0.406 e. The Balaban J connectivity index is 1.71. The van der Waals surface area contributed by atoms with Crippen LogP contribution in [-0.4, -0.2) is 16.7 Å². The van der Waals surface area contributed by atoms with Gasteiger partial charge in [0.1, 0.15) is 0 Å². The zero-order valence-corrected chi connectivity index (χ0v) is 10.3. The van der Waals surface area contributed by atoms with Crippen molar-refractivity contribution in [2.24, 2.45) is 0 Å². The van der Waals surface area contributed by atoms with Crippen LogP contribution in [-0.2, 0) is 0 Å². The monoisotopic (exact) mass is 244 g/mol. The molecule has 0 saturated carbocycles. The molecular formula is C13H16N4O. The molecule has 0 radical (unpaired) electrons. The summed E-state index contributed by atoms with van der Waals surface area (Å²) in [7, 11) is 0. The van der Waals surface area contributed by atoms with Crippen LogP contribution in [0.15, 0.2) is 28.7 Å². The predicted molar refractivity (Wildman–Crippen MR) is 68.7 cm³/mol. The van der Waals surface area contributed by atoms with Crippen LogP contribution in [0.1, 0.15) is 30.3 Å². The van der Waals surface area contributed by atoms with Gasteiger partial charge in [0.05, 0.1) is 6.04 Å². The zero-order valence-electron chi connectivity index (χ0n) is 10.3. The molecule has 0 unspecified atom stereocenters. The standard InChI is InChI=1S/C13H16N4O/c1-9-4-6-10(7-5-9)15-13-17-16-12(18-13)11-3-2-8-14-11/h4-7,11,14H,2-3,8H2,1H3,(H,15,17)/t11-/m0/s1. The molecule has 0 spiro atoms. The molecule has 1 aliphatic heterocycles. The van der Waals surface area contributed by atoms with Crippen molar-refractivity contribution >= 4 is 11.7 Å². The van der Waals surface area contributed by atoms with Crippen molar-refractivity contribution in [2.75, 3.05) is 11.9 Å². The van der Waals surface area contributed by atoms with Gasteiger partial charge >= 0.3 is 6.01 Å². The summed E-state index contributed by atoms with van der Waals surface area (Å²) >= 11 is 0. The summed E-state index contributed by atoms with van der Waals surface area (Å²) in [5, 5.41) is 14.5. The summed E-state index contributed by atoms with van der Waals surface area (Å²) in [6.07, 6.45) is 2.22. The SMILES string of the molecule is Cc1ccc(Nc2nnc([C@@H]3CCCN3)o2)cc1. The summed E-state index contributed by atoms with van der Waals surface area (Å²) < 4.78 is 5.61. The number of aryl methyl sites for hydroxylation is 1. The van der Waals surface area contributed by atoms with Gasteiger partial charge in [0, 0.05) is 5.69 Å². The van der Waals surface area contributed by atoms with Crippen molar-refractivity contribution in [2.45, 2.75) is 25.8 Å². The van der Waals surface area contributed by atoms with E-state index in [4.69, 9.17) is 4.42 Å². The molecule has 1 fully saturated rings. The van der Waals surface area contributed by atoms with Crippen molar-refractivity contribution in [3.8, 4) is 0 Å². The number of benzene rings is 1. The molecular weight excluding hydrogens is 228 g/mol. The molecule has 1 aromatic heterocycles. The van der Waals surface area contributed by atoms with E-state index in [1.54, 1.807) is 0 Å². The molecule has 0 aliphatic carbocycles. The number of aromatic nitrogens is 2. The molecule has 1 saturated heterocycles. The third kappa shape index (κ3) is 2.36. The van der Waals surface area contributed by atoms with E-state index in [2.05, 4.69) is 27.8 Å². The number of anilines is 2. The minimum atomic E-state index is 0.214. The molecule has 2 aromatic rings. The van der Waals surface area contributed by atoms with E-state index in [1.807, 2.05) is 24.3 Å². The Morgan fingerprint density at radius 1 is 1.28 bits per heavy atom. The topological polar surface area (TPSA) is 63.0 Å². The lowest BCUT2D eigenvalue weighted by molar-refractivity contribution is 0.439. The second-order valence-electron chi connectivity index (χ2n) is 4.59. The van der Waals surface area contributed by atoms with Crippen molar-refractivity contribution in [3.05, 3.63) is 35.7 Å². The van der Waals surface area contributed by atoms with Gasteiger partial charge in [0.2, 0.25) is 5.89 Å². The third-order valence-electron chi connectivity index (χ3n) is 3.10. The van der Waals surface area contributed by atoms with Gasteiger partial charge in [-0.05, 0) is 38.4 Å². The highest BCUT2D eigenvalue weighted by molar-refractivity contribution is 5.52. The van der Waals surface area contributed by atoms with Crippen molar-refractivity contribution in [1.29, 1.82) is 0 Å². The normalized spacial score (nSPS) is 19.1. The van der Waals surface area contributed by atoms with E-state index in [0.717, 1.165) is 25.1 Å². The lowest BCUT2D eigenvalue weighted by atomic mass is 10.2. The van der Waals surface area contributed by atoms with Crippen LogP contribution >= 0.6 is 0 Å². The first-order chi connectivity index (χ1) is 8.81. The summed E-state index contributed by atoms with van der Waals surface area (Å²) in [6.45, 7) is 3.08. The maximum absolute atomic E-state index is 5.61. The van der Waals surface area contributed by atoms with Crippen molar-refractivity contribution in [3.63, 3.8) is 0 Å². The Hall–Kier alpha value is -1.88. The molecule has 0 amide bonds. The van der Waals surface area contributed by atoms with Gasteiger partial charge in [0.25, 0.3) is 0 Å². The highest BCUT2D eigenvalue weighted by Crippen LogP contribution is 2.24. The van der Waals surface area contributed by atoms with Gasteiger partial charge < -0.3 is 15.1 Å². The fourth-order valence-electron chi connectivity index (χ4n) is 2.08. The van der Waals surface area contributed by atoms with Crippen molar-refractivity contribution < 1.29 is 4.42 Å². The molecule has 5 nitrogen and oxygen atoms in total. The van der Waals surface area contributed by atoms with E-state index >= 15 is 0 Å². The molecule has 18 heavy (non-hydrogen) atoms. The maximum Gasteiger partial charge on any atom is 0.320 e. The number of nitrogens with zero attached hydrogens (tertiary/aromatic N) is 2. The first-order valence-corrected chi connectivity index (χ1v) is 6.22. The van der Waals surface area contributed by atoms with Gasteiger partial charge in [-0.25, -0.2) is 0 Å². The lowest BCUT2D eigenvalue weighted by Crippen LogP contribution is -2.12. The van der Waals surface area contributed by atoms with E-state index in [-0.39, 0.29) is 6.04 Å². The Labute approximate surface area is 106 Å². The van der Waals surface area contributed by atoms with Crippen LogP contribution in [0.2, 0.25) is 0 Å². The molecule has 94 valence electrons. The highest BCUT2D eigenvalue weighted by atomic mass is 16.4. The van der Waals surface area contributed by atoms with E-state index in [9.17, 15) is 0 Å². The van der Waals surface area contributed by atoms with Crippen molar-refractivity contribution in [1.82, 2.24) is 15.5 Å².